The van der Waals surface area contributed by atoms with Gasteiger partial charge in [-0.1, -0.05) is 102 Å². The highest BCUT2D eigenvalue weighted by atomic mass is 32.2. The average molecular weight is 1050 g/mol. The van der Waals surface area contributed by atoms with Gasteiger partial charge >= 0.3 is 0 Å². The van der Waals surface area contributed by atoms with Crippen LogP contribution in [0.5, 0.6) is 0 Å². The number of aliphatic hydroxyl groups excluding tert-OH is 2. The summed E-state index contributed by atoms with van der Waals surface area (Å²) in [5, 5.41) is 26.5. The third-order valence-electron chi connectivity index (χ3n) is 10.6. The molecule has 0 radical (unpaired) electrons. The van der Waals surface area contributed by atoms with E-state index in [2.05, 4.69) is 74.7 Å². The molecule has 0 saturated carbocycles. The number of phosphoric acid groups is 3. The molecule has 7 atom stereocenters. The van der Waals surface area contributed by atoms with Crippen molar-refractivity contribution in [3.8, 4) is 0 Å². The van der Waals surface area contributed by atoms with Crippen LogP contribution in [0.4, 0.5) is 5.82 Å². The fraction of sp³-hybridized carbons (Fsp3) is 0.707. The maximum Gasteiger partial charge on any atom is 0.274 e. The molecule has 0 spiro atoms. The number of carbonyl (C=O) groups is 3. The Labute approximate surface area is 406 Å². The van der Waals surface area contributed by atoms with Crippen molar-refractivity contribution < 1.29 is 80.5 Å². The lowest BCUT2D eigenvalue weighted by atomic mass is 9.87. The number of nitrogens with two attached hydrogens (primary N) is 1. The van der Waals surface area contributed by atoms with Gasteiger partial charge in [0.05, 0.1) is 27.4 Å². The number of aromatic nitrogens is 4. The van der Waals surface area contributed by atoms with Crippen molar-refractivity contribution in [3.63, 3.8) is 0 Å². The first-order valence-corrected chi connectivity index (χ1v) is 28.2. The van der Waals surface area contributed by atoms with E-state index in [0.717, 1.165) is 73.9 Å². The van der Waals surface area contributed by atoms with Gasteiger partial charge in [-0.05, 0) is 38.5 Å². The van der Waals surface area contributed by atoms with Crippen molar-refractivity contribution in [3.05, 3.63) is 37.0 Å². The topological polar surface area (TPSA) is 375 Å². The van der Waals surface area contributed by atoms with Crippen molar-refractivity contribution in [1.82, 2.24) is 30.2 Å². The van der Waals surface area contributed by atoms with Crippen molar-refractivity contribution in [1.29, 1.82) is 0 Å². The zero-order valence-corrected chi connectivity index (χ0v) is 42.6. The number of phosphoric ester groups is 3. The molecule has 0 bridgehead atoms. The Bertz CT molecular complexity index is 2130. The Kier molecular flexibility index (Phi) is 26.4. The molecule has 0 aliphatic carbocycles. The van der Waals surface area contributed by atoms with E-state index in [9.17, 15) is 57.9 Å². The second kappa shape index (κ2) is 30.2. The highest BCUT2D eigenvalue weighted by Crippen LogP contribution is 2.56. The monoisotopic (exact) mass is 1050 g/mol. The number of allylic oxidation sites excluding steroid dienone is 4. The Hall–Kier alpha value is -2.96. The van der Waals surface area contributed by atoms with Crippen molar-refractivity contribution >= 4 is 69.1 Å². The Morgan fingerprint density at radius 1 is 0.899 bits per heavy atom. The predicted octanol–water partition coefficient (Wildman–Crippen LogP) is 2.73. The highest BCUT2D eigenvalue weighted by Gasteiger charge is 2.47. The summed E-state index contributed by atoms with van der Waals surface area (Å²) in [7, 11) is -17.6. The van der Waals surface area contributed by atoms with Gasteiger partial charge in [0.25, 0.3) is 15.6 Å². The molecule has 2 aromatic heterocycles. The molecule has 28 heteroatoms. The number of hydrogen-bond donors (Lipinski definition) is 5. The summed E-state index contributed by atoms with van der Waals surface area (Å²) < 4.78 is 60.8. The van der Waals surface area contributed by atoms with Gasteiger partial charge in [0.1, 0.15) is 36.3 Å². The number of anilines is 1. The summed E-state index contributed by atoms with van der Waals surface area (Å²) in [6.07, 6.45) is 16.6. The van der Waals surface area contributed by atoms with Gasteiger partial charge in [-0.2, -0.15) is 0 Å². The number of amides is 2. The number of thioether (sulfide) groups is 1. The van der Waals surface area contributed by atoms with Crippen LogP contribution in [-0.4, -0.2) is 103 Å². The number of carbonyl (C=O) groups excluding carboxylic acids is 3. The summed E-state index contributed by atoms with van der Waals surface area (Å²) in [5.74, 6) is -1.15. The van der Waals surface area contributed by atoms with Gasteiger partial charge < -0.3 is 69.0 Å². The minimum absolute atomic E-state index is 0.0195. The lowest BCUT2D eigenvalue weighted by Crippen LogP contribution is -2.46. The number of imidazole rings is 1. The minimum atomic E-state index is -5.92. The maximum absolute atomic E-state index is 12.6. The molecule has 24 nitrogen and oxygen atoms in total. The number of ether oxygens (including phenoxy) is 1. The molecule has 2 aromatic rings. The normalized spacial score (nSPS) is 20.1. The van der Waals surface area contributed by atoms with E-state index in [1.54, 1.807) is 0 Å². The molecular formula is C41H66N7O17P3S-4. The smallest absolute Gasteiger partial charge is 0.274 e. The Morgan fingerprint density at radius 3 is 2.20 bits per heavy atom. The molecule has 2 amide bonds. The number of unbranched alkanes of at least 4 members (excludes halogenated alkanes) is 10. The maximum atomic E-state index is 12.6. The molecule has 3 rings (SSSR count). The standard InChI is InChI=1S/C41H70N7O17P3S/c1-4-5-6-7-8-9-10-11-12-13-14-15-16-17-18-19-20-21-32(50)69-25-24-43-31(49)22-23-44-39(53)36(52)41(2,3)27-62-68(59,60)65-67(57,58)61-26-30-35(64-66(54,55)56)34(51)40(63-30)48-29-47-33-37(42)45-28-46-38(33)48/h11-12,14-15,28-30,34-36,40,51-52H,4-10,13,16-27H2,1-3H3,(H,43,49)(H,44,53)(H,57,58)(H,59,60)(H2,42,45,46)(H2,54,55,56)/p-4/b12-11-,15-14-/t30-,34-,35-,36+,40-/m1/s1. The van der Waals surface area contributed by atoms with Crippen LogP contribution in [0.2, 0.25) is 0 Å². The molecule has 1 fully saturated rings. The van der Waals surface area contributed by atoms with Crippen LogP contribution in [-0.2, 0) is 50.7 Å². The second-order valence-corrected chi connectivity index (χ2v) is 22.1. The fourth-order valence-corrected chi connectivity index (χ4v) is 10.2. The number of fused-ring (bicyclic) bond motifs is 1. The van der Waals surface area contributed by atoms with E-state index in [1.165, 1.54) is 52.4 Å². The first kappa shape index (κ1) is 60.3. The van der Waals surface area contributed by atoms with Crippen LogP contribution in [0, 0.1) is 5.41 Å². The van der Waals surface area contributed by atoms with Crippen LogP contribution in [0.3, 0.4) is 0 Å². The first-order chi connectivity index (χ1) is 32.6. The fourth-order valence-electron chi connectivity index (χ4n) is 6.78. The van der Waals surface area contributed by atoms with E-state index < -0.39 is 84.6 Å². The van der Waals surface area contributed by atoms with Crippen LogP contribution >= 0.6 is 35.2 Å². The lowest BCUT2D eigenvalue weighted by Gasteiger charge is -2.36. The average Bonchev–Trinajstić information content (AvgIpc) is 3.84. The SMILES string of the molecule is CCCCCCCC/C=C\C/C=C\CCCCCCC(=O)SCCNC(=O)CCNC(=O)[C@H](O)C(C)(C)COP(=O)([O-])OP(=O)([O-])OC[C@H]1O[C@@H](n2cnc3c(N)ncnc32)[C@H](O)[C@@H]1OP(=O)([O-])[O-]. The number of hydrogen-bond acceptors (Lipinski definition) is 22. The molecule has 1 aliphatic heterocycles. The quantitative estimate of drug-likeness (QED) is 0.0376. The third kappa shape index (κ3) is 23.0. The van der Waals surface area contributed by atoms with Crippen LogP contribution in [0.25, 0.3) is 11.2 Å². The lowest BCUT2D eigenvalue weighted by molar-refractivity contribution is -0.347. The summed E-state index contributed by atoms with van der Waals surface area (Å²) in [4.78, 5) is 96.9. The molecular weight excluding hydrogens is 987 g/mol. The molecule has 6 N–H and O–H groups in total. The molecule has 2 unspecified atom stereocenters. The zero-order valence-electron chi connectivity index (χ0n) is 39.1. The minimum Gasteiger partial charge on any atom is -0.790 e. The summed E-state index contributed by atoms with van der Waals surface area (Å²) >= 11 is 1.13. The third-order valence-corrected chi connectivity index (χ3v) is 14.5. The van der Waals surface area contributed by atoms with E-state index in [0.29, 0.717) is 12.2 Å². The van der Waals surface area contributed by atoms with Gasteiger partial charge in [0.15, 0.2) is 22.8 Å². The molecule has 3 heterocycles. The largest absolute Gasteiger partial charge is 0.790 e. The molecule has 392 valence electrons. The van der Waals surface area contributed by atoms with Crippen LogP contribution in [0.15, 0.2) is 37.0 Å². The van der Waals surface area contributed by atoms with Crippen LogP contribution < -0.4 is 35.9 Å². The van der Waals surface area contributed by atoms with Gasteiger partial charge in [-0.25, -0.2) is 19.3 Å². The van der Waals surface area contributed by atoms with Gasteiger partial charge in [0, 0.05) is 37.1 Å². The second-order valence-electron chi connectivity index (χ2n) is 16.9. The van der Waals surface area contributed by atoms with E-state index in [-0.39, 0.29) is 41.6 Å². The molecule has 1 saturated heterocycles. The number of aliphatic hydroxyl groups is 2. The highest BCUT2D eigenvalue weighted by molar-refractivity contribution is 8.13. The summed E-state index contributed by atoms with van der Waals surface area (Å²) in [6.45, 7) is 2.38. The van der Waals surface area contributed by atoms with E-state index >= 15 is 0 Å². The number of nitrogens with one attached hydrogen (secondary N) is 2. The van der Waals surface area contributed by atoms with E-state index in [1.807, 2.05) is 0 Å². The van der Waals surface area contributed by atoms with Crippen LogP contribution in [0.1, 0.15) is 123 Å². The van der Waals surface area contributed by atoms with Crippen molar-refractivity contribution in [2.45, 2.75) is 148 Å². The van der Waals surface area contributed by atoms with Gasteiger partial charge in [-0.3, -0.25) is 28.1 Å². The number of rotatable bonds is 35. The first-order valence-electron chi connectivity index (χ1n) is 22.8. The summed E-state index contributed by atoms with van der Waals surface area (Å²) in [5.41, 5.74) is 4.09. The van der Waals surface area contributed by atoms with Crippen molar-refractivity contribution in [2.75, 3.05) is 37.8 Å². The number of nitrogen functional groups attached to an aromatic ring is 1. The van der Waals surface area contributed by atoms with Crippen molar-refractivity contribution in [2.24, 2.45) is 5.41 Å². The molecule has 69 heavy (non-hydrogen) atoms. The summed E-state index contributed by atoms with van der Waals surface area (Å²) in [6, 6.07) is 0. The molecule has 0 aromatic carbocycles. The Balaban J connectivity index is 1.29. The zero-order chi connectivity index (χ0) is 51.1. The van der Waals surface area contributed by atoms with Gasteiger partial charge in [0.2, 0.25) is 11.8 Å². The Morgan fingerprint density at radius 2 is 1.54 bits per heavy atom. The number of nitrogens with zero attached hydrogens (tertiary/aromatic N) is 4. The molecule has 1 aliphatic rings. The predicted molar refractivity (Wildman–Crippen MR) is 247 cm³/mol. The van der Waals surface area contributed by atoms with Gasteiger partial charge in [-0.15, -0.1) is 0 Å². The van der Waals surface area contributed by atoms with E-state index in [4.69, 9.17) is 10.5 Å².